The molecule has 0 radical (unpaired) electrons. The molecule has 0 fully saturated rings. The Hall–Kier alpha value is -3.51. The van der Waals surface area contributed by atoms with Gasteiger partial charge in [0, 0.05) is 44.4 Å². The maximum atomic E-state index is 13.7. The molecule has 2 heterocycles. The summed E-state index contributed by atoms with van der Waals surface area (Å²) in [5, 5.41) is 0. The molecular weight excluding hydrogens is 526 g/mol. The first kappa shape index (κ1) is 28.5. The van der Waals surface area contributed by atoms with Crippen LogP contribution in [0.4, 0.5) is 5.69 Å². The Balaban J connectivity index is 1.68. The number of likely N-dealkylation sites (N-methyl/N-ethyl adjacent to an activating group) is 1. The molecule has 2 amide bonds. The molecule has 2 aromatic carbocycles. The van der Waals surface area contributed by atoms with Gasteiger partial charge < -0.3 is 28.7 Å². The van der Waals surface area contributed by atoms with E-state index in [2.05, 4.69) is 4.72 Å². The number of nitrogens with one attached hydrogen (secondary N) is 1. The summed E-state index contributed by atoms with van der Waals surface area (Å²) < 4.78 is 49.4. The predicted octanol–water partition coefficient (Wildman–Crippen LogP) is 2.82. The first-order chi connectivity index (χ1) is 18.5. The van der Waals surface area contributed by atoms with E-state index in [1.165, 1.54) is 17.9 Å². The molecule has 11 nitrogen and oxygen atoms in total. The van der Waals surface area contributed by atoms with Gasteiger partial charge in [0.2, 0.25) is 16.8 Å². The Morgan fingerprint density at radius 2 is 1.77 bits per heavy atom. The van der Waals surface area contributed by atoms with Crippen molar-refractivity contribution in [3.63, 3.8) is 0 Å². The number of rotatable bonds is 5. The second-order valence-corrected chi connectivity index (χ2v) is 11.9. The number of ether oxygens (including phenoxy) is 4. The quantitative estimate of drug-likeness (QED) is 0.591. The van der Waals surface area contributed by atoms with Gasteiger partial charge in [0.05, 0.1) is 23.5 Å². The SMILES string of the molecule is CCS(=O)(=O)Nc1ccc2c(c1)C(=O)N(C)C[C@@H](OC)[C@H](C)CN(C(=O)c1ccc3c(c1)OCO3)[C@@H](C)CO2. The highest BCUT2D eigenvalue weighted by atomic mass is 32.2. The second kappa shape index (κ2) is 11.7. The van der Waals surface area contributed by atoms with Crippen molar-refractivity contribution >= 4 is 27.5 Å². The highest BCUT2D eigenvalue weighted by Gasteiger charge is 2.31. The van der Waals surface area contributed by atoms with Crippen LogP contribution in [0, 0.1) is 5.92 Å². The second-order valence-electron chi connectivity index (χ2n) is 9.84. The molecule has 2 aromatic rings. The summed E-state index contributed by atoms with van der Waals surface area (Å²) in [6, 6.07) is 9.31. The third-order valence-electron chi connectivity index (χ3n) is 6.98. The van der Waals surface area contributed by atoms with Gasteiger partial charge in [-0.05, 0) is 50.2 Å². The molecule has 0 bridgehead atoms. The third-order valence-corrected chi connectivity index (χ3v) is 8.29. The lowest BCUT2D eigenvalue weighted by Crippen LogP contribution is -2.48. The first-order valence-electron chi connectivity index (χ1n) is 12.8. The smallest absolute Gasteiger partial charge is 0.257 e. The molecule has 39 heavy (non-hydrogen) atoms. The number of anilines is 1. The van der Waals surface area contributed by atoms with Crippen LogP contribution in [0.25, 0.3) is 0 Å². The first-order valence-corrected chi connectivity index (χ1v) is 14.4. The van der Waals surface area contributed by atoms with Gasteiger partial charge in [-0.1, -0.05) is 6.92 Å². The zero-order valence-electron chi connectivity index (χ0n) is 22.8. The Bertz CT molecular complexity index is 1330. The summed E-state index contributed by atoms with van der Waals surface area (Å²) in [5.41, 5.74) is 0.926. The van der Waals surface area contributed by atoms with Gasteiger partial charge in [0.15, 0.2) is 11.5 Å². The van der Waals surface area contributed by atoms with Crippen LogP contribution in [-0.4, -0.2) is 88.6 Å². The van der Waals surface area contributed by atoms with Crippen molar-refractivity contribution in [3.8, 4) is 17.2 Å². The average molecular weight is 562 g/mol. The maximum Gasteiger partial charge on any atom is 0.257 e. The van der Waals surface area contributed by atoms with Crippen LogP contribution in [0.1, 0.15) is 41.5 Å². The lowest BCUT2D eigenvalue weighted by Gasteiger charge is -2.36. The number of carbonyl (C=O) groups is 2. The molecule has 12 heteroatoms. The number of methoxy groups -OCH3 is 1. The van der Waals surface area contributed by atoms with E-state index in [4.69, 9.17) is 18.9 Å². The van der Waals surface area contributed by atoms with Crippen LogP contribution in [0.3, 0.4) is 0 Å². The van der Waals surface area contributed by atoms with E-state index in [0.29, 0.717) is 23.6 Å². The van der Waals surface area contributed by atoms with Gasteiger partial charge in [0.1, 0.15) is 12.4 Å². The van der Waals surface area contributed by atoms with E-state index in [1.54, 1.807) is 49.4 Å². The Labute approximate surface area is 229 Å². The molecule has 0 aromatic heterocycles. The van der Waals surface area contributed by atoms with Crippen LogP contribution in [0.15, 0.2) is 36.4 Å². The molecule has 0 aliphatic carbocycles. The zero-order valence-corrected chi connectivity index (χ0v) is 23.6. The molecule has 0 spiro atoms. The minimum atomic E-state index is -3.54. The number of benzene rings is 2. The highest BCUT2D eigenvalue weighted by molar-refractivity contribution is 7.92. The number of hydrogen-bond donors (Lipinski definition) is 1. The number of fused-ring (bicyclic) bond motifs is 2. The van der Waals surface area contributed by atoms with Crippen molar-refractivity contribution in [2.45, 2.75) is 32.9 Å². The summed E-state index contributed by atoms with van der Waals surface area (Å²) in [6.07, 6.45) is -0.372. The average Bonchev–Trinajstić information content (AvgIpc) is 3.40. The van der Waals surface area contributed by atoms with Crippen molar-refractivity contribution in [3.05, 3.63) is 47.5 Å². The van der Waals surface area contributed by atoms with Gasteiger partial charge in [-0.3, -0.25) is 14.3 Å². The molecule has 2 aliphatic heterocycles. The highest BCUT2D eigenvalue weighted by Crippen LogP contribution is 2.33. The summed E-state index contributed by atoms with van der Waals surface area (Å²) in [4.78, 5) is 30.5. The van der Waals surface area contributed by atoms with Crippen molar-refractivity contribution in [2.24, 2.45) is 5.92 Å². The van der Waals surface area contributed by atoms with E-state index in [0.717, 1.165) is 0 Å². The maximum absolute atomic E-state index is 13.7. The van der Waals surface area contributed by atoms with Gasteiger partial charge in [-0.25, -0.2) is 8.42 Å². The monoisotopic (exact) mass is 561 g/mol. The molecule has 3 atom stereocenters. The number of carbonyl (C=O) groups excluding carboxylic acids is 2. The topological polar surface area (TPSA) is 124 Å². The van der Waals surface area contributed by atoms with E-state index in [-0.39, 0.29) is 72.6 Å². The minimum absolute atomic E-state index is 0.102. The number of hydrogen-bond acceptors (Lipinski definition) is 8. The fourth-order valence-electron chi connectivity index (χ4n) is 4.57. The number of nitrogens with zero attached hydrogens (tertiary/aromatic N) is 2. The lowest BCUT2D eigenvalue weighted by molar-refractivity contribution is 0.0111. The van der Waals surface area contributed by atoms with Crippen LogP contribution in [0.5, 0.6) is 17.2 Å². The van der Waals surface area contributed by atoms with Crippen LogP contribution >= 0.6 is 0 Å². The molecule has 0 unspecified atom stereocenters. The fraction of sp³-hybridized carbons (Fsp3) is 0.481. The summed E-state index contributed by atoms with van der Waals surface area (Å²) in [7, 11) is -0.315. The van der Waals surface area contributed by atoms with Gasteiger partial charge in [-0.15, -0.1) is 0 Å². The van der Waals surface area contributed by atoms with Gasteiger partial charge in [-0.2, -0.15) is 0 Å². The van der Waals surface area contributed by atoms with Crippen molar-refractivity contribution < 1.29 is 37.0 Å². The van der Waals surface area contributed by atoms with E-state index in [9.17, 15) is 18.0 Å². The van der Waals surface area contributed by atoms with Crippen molar-refractivity contribution in [1.29, 1.82) is 0 Å². The summed E-state index contributed by atoms with van der Waals surface area (Å²) in [6.45, 7) is 6.21. The van der Waals surface area contributed by atoms with E-state index < -0.39 is 10.0 Å². The van der Waals surface area contributed by atoms with E-state index in [1.807, 2.05) is 13.8 Å². The zero-order chi connectivity index (χ0) is 28.3. The lowest BCUT2D eigenvalue weighted by atomic mass is 10.0. The molecule has 1 N–H and O–H groups in total. The fourth-order valence-corrected chi connectivity index (χ4v) is 5.20. The Morgan fingerprint density at radius 3 is 2.49 bits per heavy atom. The summed E-state index contributed by atoms with van der Waals surface area (Å²) >= 11 is 0. The van der Waals surface area contributed by atoms with E-state index >= 15 is 0 Å². The summed E-state index contributed by atoms with van der Waals surface area (Å²) in [5.74, 6) is 0.630. The van der Waals surface area contributed by atoms with Crippen LogP contribution in [-0.2, 0) is 14.8 Å². The van der Waals surface area contributed by atoms with Crippen molar-refractivity contribution in [1.82, 2.24) is 9.80 Å². The van der Waals surface area contributed by atoms with Gasteiger partial charge >= 0.3 is 0 Å². The largest absolute Gasteiger partial charge is 0.491 e. The standard InChI is InChI=1S/C27H35N3O8S/c1-6-39(33,34)28-20-8-10-22-21(12-20)27(32)29(4)14-25(35-5)17(2)13-30(18(3)15-36-22)26(31)19-7-9-23-24(11-19)38-16-37-23/h7-12,17-18,25,28H,6,13-16H2,1-5H3/t17-,18+,25-/m1/s1. The molecular formula is C27H35N3O8S. The number of amides is 2. The molecule has 4 rings (SSSR count). The van der Waals surface area contributed by atoms with Crippen LogP contribution < -0.4 is 18.9 Å². The Kier molecular flexibility index (Phi) is 8.55. The normalized spacial score (nSPS) is 21.9. The predicted molar refractivity (Wildman–Crippen MR) is 145 cm³/mol. The molecule has 0 saturated heterocycles. The van der Waals surface area contributed by atoms with Gasteiger partial charge in [0.25, 0.3) is 11.8 Å². The molecule has 0 saturated carbocycles. The Morgan fingerprint density at radius 1 is 1.05 bits per heavy atom. The van der Waals surface area contributed by atoms with Crippen LogP contribution in [0.2, 0.25) is 0 Å². The number of sulfonamides is 1. The minimum Gasteiger partial charge on any atom is -0.491 e. The van der Waals surface area contributed by atoms with Crippen molar-refractivity contribution in [2.75, 3.05) is 51.1 Å². The molecule has 2 aliphatic rings. The molecule has 212 valence electrons. The third kappa shape index (κ3) is 6.39.